The van der Waals surface area contributed by atoms with Crippen molar-refractivity contribution in [1.82, 2.24) is 20.4 Å². The van der Waals surface area contributed by atoms with E-state index in [2.05, 4.69) is 31.8 Å². The summed E-state index contributed by atoms with van der Waals surface area (Å²) in [5.74, 6) is -0.748. The minimum Gasteiger partial charge on any atom is -0.345 e. The molecule has 0 aliphatic heterocycles. The molecule has 0 aliphatic carbocycles. The Balaban J connectivity index is 2.07. The van der Waals surface area contributed by atoms with Gasteiger partial charge in [0.05, 0.1) is 10.7 Å². The van der Waals surface area contributed by atoms with Gasteiger partial charge in [-0.15, -0.1) is 11.3 Å². The standard InChI is InChI=1S/C15H19BrN4O2S/c1-8-11(23-14(17-8)15(2,3)4)13(22)19-18-12(21)10-6-9(16)7-20(10)5/h6-7H,1-5H3,(H,18,21)(H,19,22). The van der Waals surface area contributed by atoms with E-state index >= 15 is 0 Å². The average Bonchev–Trinajstić information content (AvgIpc) is 2.98. The first-order chi connectivity index (χ1) is 10.6. The number of aryl methyl sites for hydroxylation is 2. The molecule has 2 heterocycles. The molecule has 0 radical (unpaired) electrons. The monoisotopic (exact) mass is 398 g/mol. The molecule has 0 saturated heterocycles. The highest BCUT2D eigenvalue weighted by Gasteiger charge is 2.23. The first-order valence-electron chi connectivity index (χ1n) is 7.00. The molecule has 124 valence electrons. The smallest absolute Gasteiger partial charge is 0.286 e. The highest BCUT2D eigenvalue weighted by Crippen LogP contribution is 2.29. The van der Waals surface area contributed by atoms with E-state index in [0.29, 0.717) is 16.3 Å². The van der Waals surface area contributed by atoms with Crippen molar-refractivity contribution >= 4 is 39.1 Å². The maximum absolute atomic E-state index is 12.3. The number of nitrogens with one attached hydrogen (secondary N) is 2. The van der Waals surface area contributed by atoms with Crippen molar-refractivity contribution < 1.29 is 9.59 Å². The lowest BCUT2D eigenvalue weighted by Gasteiger charge is -2.13. The highest BCUT2D eigenvalue weighted by molar-refractivity contribution is 9.10. The third-order valence-electron chi connectivity index (χ3n) is 3.14. The van der Waals surface area contributed by atoms with E-state index in [9.17, 15) is 9.59 Å². The Kier molecular flexibility index (Phi) is 4.95. The average molecular weight is 399 g/mol. The summed E-state index contributed by atoms with van der Waals surface area (Å²) in [7, 11) is 1.75. The molecule has 6 nitrogen and oxygen atoms in total. The number of carbonyl (C=O) groups excluding carboxylic acids is 2. The van der Waals surface area contributed by atoms with Gasteiger partial charge in [0.1, 0.15) is 10.6 Å². The second-order valence-electron chi connectivity index (χ2n) is 6.25. The second kappa shape index (κ2) is 6.45. The van der Waals surface area contributed by atoms with Gasteiger partial charge in [0.15, 0.2) is 0 Å². The zero-order valence-electron chi connectivity index (χ0n) is 13.7. The number of carbonyl (C=O) groups is 2. The van der Waals surface area contributed by atoms with E-state index in [0.717, 1.165) is 9.48 Å². The number of hydrazine groups is 1. The van der Waals surface area contributed by atoms with Crippen molar-refractivity contribution in [2.75, 3.05) is 0 Å². The third kappa shape index (κ3) is 4.00. The van der Waals surface area contributed by atoms with Crippen LogP contribution in [0.4, 0.5) is 0 Å². The van der Waals surface area contributed by atoms with Crippen LogP contribution in [0.2, 0.25) is 0 Å². The number of aromatic nitrogens is 2. The van der Waals surface area contributed by atoms with Crippen molar-refractivity contribution in [3.8, 4) is 0 Å². The summed E-state index contributed by atoms with van der Waals surface area (Å²) in [6.07, 6.45) is 1.76. The summed E-state index contributed by atoms with van der Waals surface area (Å²) in [6, 6.07) is 1.68. The van der Waals surface area contributed by atoms with E-state index in [-0.39, 0.29) is 17.2 Å². The topological polar surface area (TPSA) is 76.0 Å². The van der Waals surface area contributed by atoms with E-state index in [1.165, 1.54) is 11.3 Å². The SMILES string of the molecule is Cc1nc(C(C)(C)C)sc1C(=O)NNC(=O)c1cc(Br)cn1C. The molecule has 0 saturated carbocycles. The van der Waals surface area contributed by atoms with Crippen LogP contribution in [0, 0.1) is 6.92 Å². The van der Waals surface area contributed by atoms with E-state index < -0.39 is 0 Å². The fourth-order valence-corrected chi connectivity index (χ4v) is 3.46. The maximum Gasteiger partial charge on any atom is 0.286 e. The molecule has 2 aromatic heterocycles. The van der Waals surface area contributed by atoms with Gasteiger partial charge in [-0.05, 0) is 28.9 Å². The molecule has 23 heavy (non-hydrogen) atoms. The first kappa shape index (κ1) is 17.7. The van der Waals surface area contributed by atoms with Gasteiger partial charge >= 0.3 is 0 Å². The van der Waals surface area contributed by atoms with E-state index in [1.807, 2.05) is 20.8 Å². The molecular formula is C15H19BrN4O2S. The minimum absolute atomic E-state index is 0.119. The van der Waals surface area contributed by atoms with Crippen LogP contribution in [0.1, 0.15) is 51.6 Å². The summed E-state index contributed by atoms with van der Waals surface area (Å²) in [4.78, 5) is 29.3. The molecule has 0 bridgehead atoms. The Morgan fingerprint density at radius 1 is 1.26 bits per heavy atom. The number of amides is 2. The van der Waals surface area contributed by atoms with Crippen molar-refractivity contribution in [3.63, 3.8) is 0 Å². The quantitative estimate of drug-likeness (QED) is 0.763. The first-order valence-corrected chi connectivity index (χ1v) is 8.61. The number of thiazole rings is 1. The normalized spacial score (nSPS) is 11.4. The molecule has 2 N–H and O–H groups in total. The van der Waals surface area contributed by atoms with Gasteiger partial charge in [-0.3, -0.25) is 20.4 Å². The van der Waals surface area contributed by atoms with Crippen LogP contribution in [0.3, 0.4) is 0 Å². The number of rotatable bonds is 2. The summed E-state index contributed by atoms with van der Waals surface area (Å²) in [5, 5.41) is 0.887. The maximum atomic E-state index is 12.3. The van der Waals surface area contributed by atoms with Gasteiger partial charge in [-0.1, -0.05) is 20.8 Å². The predicted molar refractivity (Wildman–Crippen MR) is 93.6 cm³/mol. The van der Waals surface area contributed by atoms with Crippen molar-refractivity contribution in [2.45, 2.75) is 33.1 Å². The van der Waals surface area contributed by atoms with Gasteiger partial charge in [0.2, 0.25) is 0 Å². The Morgan fingerprint density at radius 2 is 1.87 bits per heavy atom. The van der Waals surface area contributed by atoms with Crippen molar-refractivity contribution in [1.29, 1.82) is 0 Å². The van der Waals surface area contributed by atoms with Gasteiger partial charge < -0.3 is 4.57 Å². The number of hydrogen-bond donors (Lipinski definition) is 2. The number of halogens is 1. The summed E-state index contributed by atoms with van der Waals surface area (Å²) >= 11 is 4.65. The molecule has 0 fully saturated rings. The summed E-state index contributed by atoms with van der Waals surface area (Å²) in [6.45, 7) is 7.92. The van der Waals surface area contributed by atoms with Crippen LogP contribution in [0.5, 0.6) is 0 Å². The molecule has 0 aromatic carbocycles. The fourth-order valence-electron chi connectivity index (χ4n) is 1.91. The Hall–Kier alpha value is -1.67. The molecule has 2 rings (SSSR count). The summed E-state index contributed by atoms with van der Waals surface area (Å²) < 4.78 is 2.46. The molecule has 8 heteroatoms. The van der Waals surface area contributed by atoms with E-state index in [1.54, 1.807) is 30.8 Å². The zero-order chi connectivity index (χ0) is 17.4. The van der Waals surface area contributed by atoms with Crippen molar-refractivity contribution in [3.05, 3.63) is 38.0 Å². The van der Waals surface area contributed by atoms with Crippen LogP contribution in [0.25, 0.3) is 0 Å². The molecule has 0 atom stereocenters. The van der Waals surface area contributed by atoms with Gasteiger partial charge in [0.25, 0.3) is 11.8 Å². The predicted octanol–water partition coefficient (Wildman–Crippen LogP) is 2.92. The lowest BCUT2D eigenvalue weighted by Crippen LogP contribution is -2.42. The summed E-state index contributed by atoms with van der Waals surface area (Å²) in [5.41, 5.74) is 5.85. The molecule has 0 aliphatic rings. The highest BCUT2D eigenvalue weighted by atomic mass is 79.9. The van der Waals surface area contributed by atoms with Crippen LogP contribution in [-0.2, 0) is 12.5 Å². The Labute approximate surface area is 147 Å². The number of nitrogens with zero attached hydrogens (tertiary/aromatic N) is 2. The zero-order valence-corrected chi connectivity index (χ0v) is 16.1. The largest absolute Gasteiger partial charge is 0.345 e. The lowest BCUT2D eigenvalue weighted by atomic mass is 9.98. The fraction of sp³-hybridized carbons (Fsp3) is 0.400. The van der Waals surface area contributed by atoms with Gasteiger partial charge in [-0.25, -0.2) is 4.98 Å². The number of hydrogen-bond acceptors (Lipinski definition) is 4. The third-order valence-corrected chi connectivity index (χ3v) is 5.15. The minimum atomic E-state index is -0.384. The molecule has 2 amide bonds. The van der Waals surface area contributed by atoms with Gasteiger partial charge in [0, 0.05) is 23.1 Å². The molecular weight excluding hydrogens is 380 g/mol. The van der Waals surface area contributed by atoms with Gasteiger partial charge in [-0.2, -0.15) is 0 Å². The Morgan fingerprint density at radius 3 is 2.35 bits per heavy atom. The van der Waals surface area contributed by atoms with Crippen LogP contribution < -0.4 is 10.9 Å². The lowest BCUT2D eigenvalue weighted by molar-refractivity contribution is 0.0843. The van der Waals surface area contributed by atoms with Crippen LogP contribution in [0.15, 0.2) is 16.7 Å². The molecule has 0 unspecified atom stereocenters. The van der Waals surface area contributed by atoms with E-state index in [4.69, 9.17) is 0 Å². The molecule has 0 spiro atoms. The van der Waals surface area contributed by atoms with Crippen LogP contribution >= 0.6 is 27.3 Å². The Bertz CT molecular complexity index is 758. The van der Waals surface area contributed by atoms with Crippen LogP contribution in [-0.4, -0.2) is 21.4 Å². The second-order valence-corrected chi connectivity index (χ2v) is 8.16. The van der Waals surface area contributed by atoms with Crippen molar-refractivity contribution in [2.24, 2.45) is 7.05 Å². The molecule has 2 aromatic rings.